The van der Waals surface area contributed by atoms with Crippen LogP contribution in [0.3, 0.4) is 0 Å². The molecule has 1 aliphatic carbocycles. The first kappa shape index (κ1) is 33.2. The lowest BCUT2D eigenvalue weighted by Crippen LogP contribution is -2.68. The molecular formula is C33H41F3N6O5. The molecule has 47 heavy (non-hydrogen) atoms. The molecule has 3 aliphatic rings. The van der Waals surface area contributed by atoms with Crippen LogP contribution in [0.25, 0.3) is 5.65 Å². The smallest absolute Gasteiger partial charge is 0.410 e. The zero-order valence-corrected chi connectivity index (χ0v) is 27.2. The summed E-state index contributed by atoms with van der Waals surface area (Å²) in [7, 11) is 0. The van der Waals surface area contributed by atoms with Crippen molar-refractivity contribution in [3.05, 3.63) is 59.1 Å². The van der Waals surface area contributed by atoms with Gasteiger partial charge < -0.3 is 34.5 Å². The molecule has 0 aromatic carbocycles. The number of anilines is 1. The Morgan fingerprint density at radius 3 is 2.32 bits per heavy atom. The second kappa shape index (κ2) is 11.4. The van der Waals surface area contributed by atoms with Gasteiger partial charge in [-0.3, -0.25) is 4.79 Å². The third-order valence-electron chi connectivity index (χ3n) is 8.90. The molecular weight excluding hydrogens is 617 g/mol. The molecule has 14 heteroatoms. The first-order valence-electron chi connectivity index (χ1n) is 15.8. The lowest BCUT2D eigenvalue weighted by Gasteiger charge is -2.49. The molecule has 0 spiro atoms. The van der Waals surface area contributed by atoms with Crippen LogP contribution in [0.4, 0.5) is 23.7 Å². The molecule has 1 unspecified atom stereocenters. The predicted octanol–water partition coefficient (Wildman–Crippen LogP) is 4.63. The number of piperidine rings is 1. The maximum Gasteiger partial charge on any atom is 0.410 e. The number of β-amino-alcohol motifs (C(OH)–C–C–N with tert-alkyl or cyclic N) is 1. The van der Waals surface area contributed by atoms with Crippen LogP contribution in [0.5, 0.6) is 0 Å². The van der Waals surface area contributed by atoms with Crippen molar-refractivity contribution in [1.82, 2.24) is 24.2 Å². The Hall–Kier alpha value is -3.75. The maximum atomic E-state index is 16.0. The first-order chi connectivity index (χ1) is 21.8. The standard InChI is InChI=1S/C33H41F3N6O5/c1-30(2,3)47-29(44)42-17-32(46,18-42)16-40-11-9-19(10-12-40)23-14-41-15-24(25(31(4,5)45)26(34)27(41)38-23)39-28(43)22-8-6-7-21(37-22)20-13-33(20,35)36/h6-8,14-15,19-20,45-46H,9-13,16-18H2,1-5H3,(H,39,43). The number of amides is 2. The molecule has 1 atom stereocenters. The number of aliphatic hydroxyl groups is 2. The van der Waals surface area contributed by atoms with Gasteiger partial charge in [-0.05, 0) is 72.7 Å². The summed E-state index contributed by atoms with van der Waals surface area (Å²) in [6.07, 6.45) is 3.84. The number of rotatable bonds is 7. The number of alkyl halides is 2. The minimum Gasteiger partial charge on any atom is -0.444 e. The van der Waals surface area contributed by atoms with E-state index in [1.54, 1.807) is 27.0 Å². The molecule has 2 amide bonds. The molecule has 0 radical (unpaired) electrons. The third-order valence-corrected chi connectivity index (χ3v) is 8.90. The van der Waals surface area contributed by atoms with Gasteiger partial charge in [0, 0.05) is 36.8 Å². The van der Waals surface area contributed by atoms with E-state index in [0.717, 1.165) is 0 Å². The van der Waals surface area contributed by atoms with Gasteiger partial charge in [0.25, 0.3) is 11.8 Å². The summed E-state index contributed by atoms with van der Waals surface area (Å²) in [5.41, 5.74) is -2.80. The lowest BCUT2D eigenvalue weighted by molar-refractivity contribution is -0.114. The molecule has 11 nitrogen and oxygen atoms in total. The highest BCUT2D eigenvalue weighted by molar-refractivity contribution is 6.03. The molecule has 3 fully saturated rings. The summed E-state index contributed by atoms with van der Waals surface area (Å²) < 4.78 is 50.1. The summed E-state index contributed by atoms with van der Waals surface area (Å²) in [5.74, 6) is -5.39. The van der Waals surface area contributed by atoms with Crippen molar-refractivity contribution in [2.75, 3.05) is 38.0 Å². The Balaban J connectivity index is 1.14. The van der Waals surface area contributed by atoms with E-state index < -0.39 is 46.5 Å². The molecule has 3 aromatic heterocycles. The molecule has 3 aromatic rings. The van der Waals surface area contributed by atoms with Crippen LogP contribution in [-0.2, 0) is 10.3 Å². The number of carbonyl (C=O) groups is 2. The van der Waals surface area contributed by atoms with E-state index in [2.05, 4.69) is 20.2 Å². The van der Waals surface area contributed by atoms with Crippen molar-refractivity contribution in [2.45, 2.75) is 88.4 Å². The minimum atomic E-state index is -2.84. The highest BCUT2D eigenvalue weighted by Gasteiger charge is 2.58. The van der Waals surface area contributed by atoms with Crippen LogP contribution < -0.4 is 5.32 Å². The van der Waals surface area contributed by atoms with Gasteiger partial charge in [0.2, 0.25) is 0 Å². The van der Waals surface area contributed by atoms with Crippen LogP contribution in [0.2, 0.25) is 0 Å². The zero-order chi connectivity index (χ0) is 34.1. The number of halogens is 3. The molecule has 5 heterocycles. The SMILES string of the molecule is CC(C)(C)OC(=O)N1CC(O)(CN2CCC(c3cn4cc(NC(=O)c5cccc(C6CC6(F)F)n5)c(C(C)(C)O)c(F)c4n3)CC2)C1. The van der Waals surface area contributed by atoms with Gasteiger partial charge in [-0.1, -0.05) is 6.07 Å². The third kappa shape index (κ3) is 6.95. The van der Waals surface area contributed by atoms with Crippen molar-refractivity contribution >= 4 is 23.3 Å². The first-order valence-corrected chi connectivity index (χ1v) is 15.8. The Kier molecular flexibility index (Phi) is 8.08. The van der Waals surface area contributed by atoms with Gasteiger partial charge in [0.05, 0.1) is 41.7 Å². The van der Waals surface area contributed by atoms with E-state index >= 15 is 4.39 Å². The molecule has 2 saturated heterocycles. The number of fused-ring (bicyclic) bond motifs is 1. The van der Waals surface area contributed by atoms with Crippen molar-refractivity contribution < 1.29 is 37.7 Å². The summed E-state index contributed by atoms with van der Waals surface area (Å²) in [4.78, 5) is 37.8. The molecule has 1 saturated carbocycles. The lowest BCUT2D eigenvalue weighted by atomic mass is 9.90. The van der Waals surface area contributed by atoms with Crippen molar-refractivity contribution in [3.8, 4) is 0 Å². The molecule has 0 bridgehead atoms. The van der Waals surface area contributed by atoms with Crippen molar-refractivity contribution in [1.29, 1.82) is 0 Å². The molecule has 3 N–H and O–H groups in total. The fourth-order valence-electron chi connectivity index (χ4n) is 6.51. The predicted molar refractivity (Wildman–Crippen MR) is 166 cm³/mol. The van der Waals surface area contributed by atoms with Crippen LogP contribution in [0.1, 0.15) is 93.2 Å². The fourth-order valence-corrected chi connectivity index (χ4v) is 6.51. The summed E-state index contributed by atoms with van der Waals surface area (Å²) in [6.45, 7) is 10.3. The number of aromatic nitrogens is 3. The fraction of sp³-hybridized carbons (Fsp3) is 0.576. The Morgan fingerprint density at radius 2 is 1.72 bits per heavy atom. The number of ether oxygens (including phenoxy) is 1. The van der Waals surface area contributed by atoms with Crippen LogP contribution in [-0.4, -0.2) is 96.2 Å². The van der Waals surface area contributed by atoms with E-state index in [4.69, 9.17) is 4.74 Å². The number of hydrogen-bond acceptors (Lipinski definition) is 8. The van der Waals surface area contributed by atoms with Gasteiger partial charge in [-0.2, -0.15) is 0 Å². The number of carbonyl (C=O) groups excluding carboxylic acids is 2. The number of pyridine rings is 2. The monoisotopic (exact) mass is 658 g/mol. The van der Waals surface area contributed by atoms with Crippen molar-refractivity contribution in [2.24, 2.45) is 0 Å². The average molecular weight is 659 g/mol. The zero-order valence-electron chi connectivity index (χ0n) is 27.2. The van der Waals surface area contributed by atoms with E-state index in [1.807, 2.05) is 0 Å². The summed E-state index contributed by atoms with van der Waals surface area (Å²) >= 11 is 0. The van der Waals surface area contributed by atoms with E-state index in [-0.39, 0.29) is 53.7 Å². The van der Waals surface area contributed by atoms with Gasteiger partial charge in [-0.15, -0.1) is 0 Å². The average Bonchev–Trinajstić information content (AvgIpc) is 3.37. The minimum absolute atomic E-state index is 0.000320. The van der Waals surface area contributed by atoms with E-state index in [0.29, 0.717) is 38.2 Å². The molecule has 6 rings (SSSR count). The summed E-state index contributed by atoms with van der Waals surface area (Å²) in [6, 6.07) is 4.31. The van der Waals surface area contributed by atoms with E-state index in [9.17, 15) is 28.6 Å². The Morgan fingerprint density at radius 1 is 1.06 bits per heavy atom. The Labute approximate surface area is 270 Å². The highest BCUT2D eigenvalue weighted by Crippen LogP contribution is 2.55. The number of likely N-dealkylation sites (tertiary alicyclic amines) is 2. The number of nitrogens with zero attached hydrogens (tertiary/aromatic N) is 5. The van der Waals surface area contributed by atoms with Crippen LogP contribution in [0.15, 0.2) is 30.6 Å². The summed E-state index contributed by atoms with van der Waals surface area (Å²) in [5, 5.41) is 24.5. The number of nitrogens with one attached hydrogen (secondary N) is 1. The van der Waals surface area contributed by atoms with Gasteiger partial charge in [0.1, 0.15) is 16.9 Å². The Bertz CT molecular complexity index is 1700. The van der Waals surface area contributed by atoms with E-state index in [1.165, 1.54) is 47.5 Å². The number of hydrogen-bond donors (Lipinski definition) is 3. The quantitative estimate of drug-likeness (QED) is 0.335. The topological polar surface area (TPSA) is 133 Å². The maximum absolute atomic E-state index is 16.0. The molecule has 254 valence electrons. The van der Waals surface area contributed by atoms with Gasteiger partial charge in [0.15, 0.2) is 11.5 Å². The van der Waals surface area contributed by atoms with Gasteiger partial charge >= 0.3 is 6.09 Å². The van der Waals surface area contributed by atoms with Crippen LogP contribution in [0, 0.1) is 5.82 Å². The van der Waals surface area contributed by atoms with Crippen LogP contribution >= 0.6 is 0 Å². The van der Waals surface area contributed by atoms with Gasteiger partial charge in [-0.25, -0.2) is 27.9 Å². The largest absolute Gasteiger partial charge is 0.444 e. The highest BCUT2D eigenvalue weighted by atomic mass is 19.3. The number of imidazole rings is 1. The second-order valence-corrected chi connectivity index (χ2v) is 14.7. The molecule has 2 aliphatic heterocycles. The van der Waals surface area contributed by atoms with Crippen molar-refractivity contribution in [3.63, 3.8) is 0 Å². The second-order valence-electron chi connectivity index (χ2n) is 14.7. The normalized spacial score (nSPS) is 21.4.